The second kappa shape index (κ2) is 11.4. The van der Waals surface area contributed by atoms with Gasteiger partial charge in [0.2, 0.25) is 0 Å². The van der Waals surface area contributed by atoms with Crippen molar-refractivity contribution < 1.29 is 38.7 Å². The molecule has 0 heterocycles. The van der Waals surface area contributed by atoms with E-state index in [-0.39, 0.29) is 38.5 Å². The largest absolute Gasteiger partial charge is 0.463 e. The Morgan fingerprint density at radius 3 is 2.07 bits per heavy atom. The summed E-state index contributed by atoms with van der Waals surface area (Å²) >= 11 is 0. The van der Waals surface area contributed by atoms with Crippen LogP contribution in [-0.2, 0) is 32.4 Å². The fraction of sp³-hybridized carbons (Fsp3) is 0.550. The fourth-order valence-electron chi connectivity index (χ4n) is 2.46. The third-order valence-corrected chi connectivity index (χ3v) is 3.89. The van der Waals surface area contributed by atoms with Gasteiger partial charge in [-0.15, -0.1) is 0 Å². The topological polar surface area (TPSA) is 115 Å². The quantitative estimate of drug-likeness (QED) is 0.364. The molecule has 1 rings (SSSR count). The van der Waals surface area contributed by atoms with E-state index in [1.54, 1.807) is 46.9 Å². The zero-order chi connectivity index (χ0) is 22.9. The van der Waals surface area contributed by atoms with Crippen LogP contribution in [0.3, 0.4) is 0 Å². The first-order valence-electron chi connectivity index (χ1n) is 9.29. The van der Waals surface area contributed by atoms with Gasteiger partial charge >= 0.3 is 12.2 Å². The van der Waals surface area contributed by atoms with Crippen molar-refractivity contribution in [2.75, 3.05) is 27.2 Å². The third kappa shape index (κ3) is 8.26. The van der Waals surface area contributed by atoms with Crippen molar-refractivity contribution in [3.8, 4) is 5.75 Å². The molecular formula is C20H30N2O8. The smallest absolute Gasteiger partial charge is 0.415 e. The van der Waals surface area contributed by atoms with Gasteiger partial charge in [0.15, 0.2) is 0 Å². The van der Waals surface area contributed by atoms with Gasteiger partial charge in [0, 0.05) is 38.3 Å². The first-order valence-corrected chi connectivity index (χ1v) is 9.29. The van der Waals surface area contributed by atoms with E-state index in [4.69, 9.17) is 19.5 Å². The fourth-order valence-corrected chi connectivity index (χ4v) is 2.46. The molecule has 0 saturated heterocycles. The summed E-state index contributed by atoms with van der Waals surface area (Å²) < 4.78 is 15.5. The molecule has 0 aliphatic heterocycles. The maximum absolute atomic E-state index is 12.5. The molecule has 0 aromatic heterocycles. The zero-order valence-corrected chi connectivity index (χ0v) is 18.3. The van der Waals surface area contributed by atoms with Crippen LogP contribution >= 0.6 is 0 Å². The number of carbonyl (C=O) groups excluding carboxylic acids is 3. The van der Waals surface area contributed by atoms with E-state index in [9.17, 15) is 14.4 Å². The molecule has 1 aromatic rings. The Morgan fingerprint density at radius 2 is 1.57 bits per heavy atom. The van der Waals surface area contributed by atoms with Gasteiger partial charge in [0.25, 0.3) is 6.47 Å². The molecule has 1 N–H and O–H groups in total. The molecule has 0 bridgehead atoms. The average Bonchev–Trinajstić information content (AvgIpc) is 2.64. The van der Waals surface area contributed by atoms with Crippen LogP contribution in [0.2, 0.25) is 0 Å². The molecule has 0 spiro atoms. The summed E-state index contributed by atoms with van der Waals surface area (Å²) in [5.41, 5.74) is 1.04. The van der Waals surface area contributed by atoms with Crippen LogP contribution in [-0.4, -0.2) is 66.5 Å². The van der Waals surface area contributed by atoms with E-state index in [1.165, 1.54) is 16.8 Å². The lowest BCUT2D eigenvalue weighted by Gasteiger charge is -2.26. The van der Waals surface area contributed by atoms with Crippen LogP contribution < -0.4 is 4.74 Å². The number of nitrogens with zero attached hydrogens (tertiary/aromatic N) is 2. The molecule has 10 nitrogen and oxygen atoms in total. The molecule has 0 atom stereocenters. The molecule has 0 radical (unpaired) electrons. The number of aryl methyl sites for hydroxylation is 1. The lowest BCUT2D eigenvalue weighted by Crippen LogP contribution is -2.40. The van der Waals surface area contributed by atoms with Gasteiger partial charge < -0.3 is 24.0 Å². The zero-order valence-electron chi connectivity index (χ0n) is 18.3. The van der Waals surface area contributed by atoms with Crippen LogP contribution in [0.25, 0.3) is 0 Å². The Hall–Kier alpha value is -2.85. The van der Waals surface area contributed by atoms with Crippen LogP contribution in [0, 0.1) is 6.92 Å². The molecule has 10 heteroatoms. The second-order valence-electron chi connectivity index (χ2n) is 7.78. The summed E-state index contributed by atoms with van der Waals surface area (Å²) in [5, 5.41) is 8.84. The lowest BCUT2D eigenvalue weighted by molar-refractivity contribution is -0.253. The van der Waals surface area contributed by atoms with E-state index in [2.05, 4.69) is 4.89 Å². The Balaban J connectivity index is 2.85. The number of hydrogen-bond donors (Lipinski definition) is 1. The predicted octanol–water partition coefficient (Wildman–Crippen LogP) is 2.96. The number of carbonyl (C=O) groups is 3. The highest BCUT2D eigenvalue weighted by molar-refractivity contribution is 5.72. The average molecular weight is 426 g/mol. The molecule has 2 amide bonds. The van der Waals surface area contributed by atoms with Crippen molar-refractivity contribution in [1.82, 2.24) is 9.80 Å². The van der Waals surface area contributed by atoms with Crippen molar-refractivity contribution in [3.63, 3.8) is 0 Å². The Morgan fingerprint density at radius 1 is 1.03 bits per heavy atom. The van der Waals surface area contributed by atoms with E-state index >= 15 is 0 Å². The van der Waals surface area contributed by atoms with E-state index in [0.717, 1.165) is 5.56 Å². The number of hydrogen-bond acceptors (Lipinski definition) is 8. The first kappa shape index (κ1) is 25.2. The minimum absolute atomic E-state index is 0.114. The minimum Gasteiger partial charge on any atom is -0.463 e. The molecule has 1 aromatic carbocycles. The molecule has 0 fully saturated rings. The number of benzene rings is 1. The van der Waals surface area contributed by atoms with E-state index in [0.29, 0.717) is 11.1 Å². The lowest BCUT2D eigenvalue weighted by atomic mass is 10.1. The molecule has 0 saturated carbocycles. The molecule has 0 unspecified atom stereocenters. The van der Waals surface area contributed by atoms with Crippen molar-refractivity contribution >= 4 is 18.7 Å². The van der Waals surface area contributed by atoms with Crippen LogP contribution in [0.5, 0.6) is 5.75 Å². The van der Waals surface area contributed by atoms with Gasteiger partial charge in [0.1, 0.15) is 24.6 Å². The minimum atomic E-state index is -0.692. The Kier molecular flexibility index (Phi) is 9.54. The second-order valence-corrected chi connectivity index (χ2v) is 7.78. The highest BCUT2D eigenvalue weighted by Gasteiger charge is 2.22. The summed E-state index contributed by atoms with van der Waals surface area (Å²) in [7, 11) is 3.09. The van der Waals surface area contributed by atoms with Gasteiger partial charge in [-0.1, -0.05) is 5.56 Å². The number of likely N-dealkylation sites (N-methyl/N-ethyl adjacent to an activating group) is 2. The molecule has 30 heavy (non-hydrogen) atoms. The summed E-state index contributed by atoms with van der Waals surface area (Å²) in [5.74, 6) is 0.133. The van der Waals surface area contributed by atoms with Crippen LogP contribution in [0.15, 0.2) is 12.1 Å². The van der Waals surface area contributed by atoms with E-state index < -0.39 is 17.8 Å². The standard InChI is InChI=1S/C20H30N2O8/c1-14-9-15(11-27-13-23)17(16(10-14)12-28-26)29-18(24)21(5)7-8-22(6)19(25)30-20(2,3)4/h9-10,13,26H,7-8,11-12H2,1-6H3. The van der Waals surface area contributed by atoms with Gasteiger partial charge in [-0.05, 0) is 39.8 Å². The number of amides is 2. The number of ether oxygens (including phenoxy) is 3. The third-order valence-electron chi connectivity index (χ3n) is 3.89. The molecular weight excluding hydrogens is 396 g/mol. The van der Waals surface area contributed by atoms with Gasteiger partial charge in [-0.25, -0.2) is 14.5 Å². The van der Waals surface area contributed by atoms with Gasteiger partial charge in [-0.3, -0.25) is 10.1 Å². The highest BCUT2D eigenvalue weighted by Crippen LogP contribution is 2.28. The Bertz CT molecular complexity index is 745. The maximum Gasteiger partial charge on any atom is 0.415 e. The monoisotopic (exact) mass is 426 g/mol. The van der Waals surface area contributed by atoms with Gasteiger partial charge in [-0.2, -0.15) is 0 Å². The predicted molar refractivity (Wildman–Crippen MR) is 107 cm³/mol. The SMILES string of the molecule is Cc1cc(COO)c(OC(=O)N(C)CCN(C)C(=O)OC(C)(C)C)c(COC=O)c1. The number of rotatable bonds is 9. The van der Waals surface area contributed by atoms with E-state index in [1.807, 2.05) is 0 Å². The normalized spacial score (nSPS) is 10.9. The van der Waals surface area contributed by atoms with Gasteiger partial charge in [0.05, 0.1) is 0 Å². The first-order chi connectivity index (χ1) is 14.0. The summed E-state index contributed by atoms with van der Waals surface area (Å²) in [4.78, 5) is 42.0. The Labute approximate surface area is 176 Å². The molecule has 0 aliphatic carbocycles. The molecule has 0 aliphatic rings. The summed E-state index contributed by atoms with van der Waals surface area (Å²) in [6, 6.07) is 3.38. The summed E-state index contributed by atoms with van der Waals surface area (Å²) in [6.45, 7) is 7.47. The van der Waals surface area contributed by atoms with Crippen molar-refractivity contribution in [3.05, 3.63) is 28.8 Å². The van der Waals surface area contributed by atoms with Crippen LogP contribution in [0.1, 0.15) is 37.5 Å². The maximum atomic E-state index is 12.5. The highest BCUT2D eigenvalue weighted by atomic mass is 17.1. The summed E-state index contributed by atoms with van der Waals surface area (Å²) in [6.07, 6.45) is -1.19. The van der Waals surface area contributed by atoms with Crippen molar-refractivity contribution in [2.45, 2.75) is 46.5 Å². The van der Waals surface area contributed by atoms with Crippen LogP contribution in [0.4, 0.5) is 9.59 Å². The molecule has 168 valence electrons. The van der Waals surface area contributed by atoms with Crippen molar-refractivity contribution in [1.29, 1.82) is 0 Å². The van der Waals surface area contributed by atoms with Crippen molar-refractivity contribution in [2.24, 2.45) is 0 Å².